The summed E-state index contributed by atoms with van der Waals surface area (Å²) in [6, 6.07) is 6.06. The average Bonchev–Trinajstić information content (AvgIpc) is 3.01. The minimum Gasteiger partial charge on any atom is -0.343 e. The minimum atomic E-state index is -0.585. The van der Waals surface area contributed by atoms with Crippen LogP contribution in [0.4, 0.5) is 5.69 Å². The Kier molecular flexibility index (Phi) is 3.63. The van der Waals surface area contributed by atoms with Crippen LogP contribution < -0.4 is 5.32 Å². The lowest BCUT2D eigenvalue weighted by molar-refractivity contribution is -0.385. The van der Waals surface area contributed by atoms with Crippen molar-refractivity contribution in [2.24, 2.45) is 13.0 Å². The monoisotopic (exact) mass is 314 g/mol. The van der Waals surface area contributed by atoms with Crippen molar-refractivity contribution < 1.29 is 9.72 Å². The predicted octanol–water partition coefficient (Wildman–Crippen LogP) is 2.30. The van der Waals surface area contributed by atoms with Crippen molar-refractivity contribution in [1.82, 2.24) is 15.1 Å². The molecule has 2 aromatic rings. The van der Waals surface area contributed by atoms with Crippen LogP contribution in [0.5, 0.6) is 0 Å². The number of nitrogens with zero attached hydrogens (tertiary/aromatic N) is 3. The third kappa shape index (κ3) is 2.58. The summed E-state index contributed by atoms with van der Waals surface area (Å²) in [7, 11) is 1.53. The van der Waals surface area contributed by atoms with Crippen LogP contribution in [-0.2, 0) is 13.5 Å². The summed E-state index contributed by atoms with van der Waals surface area (Å²) in [6.07, 6.45) is 1.99. The fraction of sp³-hybridized carbons (Fsp3) is 0.375. The van der Waals surface area contributed by atoms with Crippen LogP contribution in [0.1, 0.15) is 40.1 Å². The number of amides is 1. The second-order valence-corrected chi connectivity index (χ2v) is 6.09. The van der Waals surface area contributed by atoms with Gasteiger partial charge in [-0.25, -0.2) is 0 Å². The fourth-order valence-electron chi connectivity index (χ4n) is 3.21. The maximum absolute atomic E-state index is 12.6. The summed E-state index contributed by atoms with van der Waals surface area (Å²) in [5.74, 6) is -0.231. The van der Waals surface area contributed by atoms with E-state index in [1.807, 2.05) is 6.92 Å². The zero-order valence-electron chi connectivity index (χ0n) is 13.2. The number of rotatable bonds is 3. The normalized spacial score (nSPS) is 19.4. The van der Waals surface area contributed by atoms with Crippen LogP contribution in [0.25, 0.3) is 0 Å². The molecule has 0 saturated heterocycles. The molecule has 23 heavy (non-hydrogen) atoms. The molecule has 1 aliphatic carbocycles. The van der Waals surface area contributed by atoms with Crippen molar-refractivity contribution in [2.75, 3.05) is 0 Å². The Morgan fingerprint density at radius 1 is 1.48 bits per heavy atom. The van der Waals surface area contributed by atoms with Gasteiger partial charge in [0, 0.05) is 7.05 Å². The highest BCUT2D eigenvalue weighted by molar-refractivity contribution is 5.96. The SMILES string of the molecule is Cc1ccc2c(c1)[C@@H](NC(=O)c1c([N+](=O)[O-])cnn1C)[C@H](C)C2. The van der Waals surface area contributed by atoms with Crippen LogP contribution in [0.15, 0.2) is 24.4 Å². The van der Waals surface area contributed by atoms with Crippen molar-refractivity contribution in [3.63, 3.8) is 0 Å². The smallest absolute Gasteiger partial charge is 0.320 e. The topological polar surface area (TPSA) is 90.1 Å². The van der Waals surface area contributed by atoms with Crippen molar-refractivity contribution in [3.8, 4) is 0 Å². The summed E-state index contributed by atoms with van der Waals surface area (Å²) >= 11 is 0. The Bertz CT molecular complexity index is 797. The lowest BCUT2D eigenvalue weighted by atomic mass is 10.0. The fourth-order valence-corrected chi connectivity index (χ4v) is 3.21. The maximum atomic E-state index is 12.6. The van der Waals surface area contributed by atoms with E-state index in [4.69, 9.17) is 0 Å². The van der Waals surface area contributed by atoms with Crippen LogP contribution in [0.2, 0.25) is 0 Å². The van der Waals surface area contributed by atoms with Gasteiger partial charge in [-0.2, -0.15) is 5.10 Å². The van der Waals surface area contributed by atoms with Gasteiger partial charge >= 0.3 is 5.69 Å². The summed E-state index contributed by atoms with van der Waals surface area (Å²) in [5.41, 5.74) is 3.13. The molecule has 7 heteroatoms. The number of nitro groups is 1. The second-order valence-electron chi connectivity index (χ2n) is 6.09. The molecule has 1 heterocycles. The van der Waals surface area contributed by atoms with E-state index in [0.29, 0.717) is 0 Å². The van der Waals surface area contributed by atoms with E-state index in [9.17, 15) is 14.9 Å². The van der Waals surface area contributed by atoms with Gasteiger partial charge in [-0.3, -0.25) is 19.6 Å². The third-order valence-electron chi connectivity index (χ3n) is 4.37. The Morgan fingerprint density at radius 3 is 2.91 bits per heavy atom. The molecule has 120 valence electrons. The molecule has 0 unspecified atom stereocenters. The van der Waals surface area contributed by atoms with Gasteiger partial charge < -0.3 is 5.32 Å². The van der Waals surface area contributed by atoms with E-state index < -0.39 is 10.8 Å². The largest absolute Gasteiger partial charge is 0.343 e. The molecule has 0 spiro atoms. The molecule has 1 amide bonds. The highest BCUT2D eigenvalue weighted by Crippen LogP contribution is 2.36. The lowest BCUT2D eigenvalue weighted by Crippen LogP contribution is -2.32. The number of hydrogen-bond acceptors (Lipinski definition) is 4. The number of hydrogen-bond donors (Lipinski definition) is 1. The van der Waals surface area contributed by atoms with Crippen LogP contribution in [-0.4, -0.2) is 20.6 Å². The van der Waals surface area contributed by atoms with Crippen molar-refractivity contribution in [2.45, 2.75) is 26.3 Å². The highest BCUT2D eigenvalue weighted by atomic mass is 16.6. The molecular weight excluding hydrogens is 296 g/mol. The van der Waals surface area contributed by atoms with Crippen LogP contribution in [0, 0.1) is 23.0 Å². The van der Waals surface area contributed by atoms with Crippen molar-refractivity contribution >= 4 is 11.6 Å². The molecule has 0 radical (unpaired) electrons. The number of nitrogens with one attached hydrogen (secondary N) is 1. The van der Waals surface area contributed by atoms with Gasteiger partial charge in [-0.05, 0) is 30.4 Å². The standard InChI is InChI=1S/C16H18N4O3/c1-9-4-5-11-7-10(2)14(12(11)6-9)18-16(21)15-13(20(22)23)8-17-19(15)3/h4-6,8,10,14H,7H2,1-3H3,(H,18,21)/t10-,14+/m1/s1. The first kappa shape index (κ1) is 15.2. The van der Waals surface area contributed by atoms with Gasteiger partial charge in [0.25, 0.3) is 5.91 Å². The van der Waals surface area contributed by atoms with Crippen LogP contribution in [0.3, 0.4) is 0 Å². The Balaban J connectivity index is 1.91. The van der Waals surface area contributed by atoms with Gasteiger partial charge in [0.15, 0.2) is 0 Å². The molecule has 0 bridgehead atoms. The molecule has 3 rings (SSSR count). The molecule has 1 N–H and O–H groups in total. The maximum Gasteiger partial charge on any atom is 0.320 e. The molecule has 1 aliphatic rings. The van der Waals surface area contributed by atoms with Crippen LogP contribution >= 0.6 is 0 Å². The molecule has 1 aromatic carbocycles. The van der Waals surface area contributed by atoms with Gasteiger partial charge in [-0.1, -0.05) is 30.7 Å². The van der Waals surface area contributed by atoms with Crippen molar-refractivity contribution in [3.05, 3.63) is 56.9 Å². The first-order valence-electron chi connectivity index (χ1n) is 7.45. The summed E-state index contributed by atoms with van der Waals surface area (Å²) in [5, 5.41) is 17.8. The van der Waals surface area contributed by atoms with Gasteiger partial charge in [-0.15, -0.1) is 0 Å². The lowest BCUT2D eigenvalue weighted by Gasteiger charge is -2.19. The molecule has 7 nitrogen and oxygen atoms in total. The van der Waals surface area contributed by atoms with E-state index >= 15 is 0 Å². The van der Waals surface area contributed by atoms with E-state index in [1.165, 1.54) is 17.3 Å². The quantitative estimate of drug-likeness (QED) is 0.695. The Labute approximate surface area is 133 Å². The Morgan fingerprint density at radius 2 is 2.22 bits per heavy atom. The summed E-state index contributed by atoms with van der Waals surface area (Å²) in [6.45, 7) is 4.08. The first-order valence-corrected chi connectivity index (χ1v) is 7.45. The Hall–Kier alpha value is -2.70. The minimum absolute atomic E-state index is 0.0247. The van der Waals surface area contributed by atoms with Gasteiger partial charge in [0.1, 0.15) is 6.20 Å². The zero-order chi connectivity index (χ0) is 16.7. The number of carbonyl (C=O) groups is 1. The van der Waals surface area contributed by atoms with Gasteiger partial charge in [0.2, 0.25) is 5.69 Å². The predicted molar refractivity (Wildman–Crippen MR) is 84.1 cm³/mol. The number of fused-ring (bicyclic) bond motifs is 1. The van der Waals surface area contributed by atoms with E-state index in [2.05, 4.69) is 35.5 Å². The number of benzene rings is 1. The summed E-state index contributed by atoms with van der Waals surface area (Å²) < 4.78 is 1.24. The zero-order valence-corrected chi connectivity index (χ0v) is 13.2. The van der Waals surface area contributed by atoms with Gasteiger partial charge in [0.05, 0.1) is 11.0 Å². The second kappa shape index (κ2) is 5.49. The molecule has 0 fully saturated rings. The first-order chi connectivity index (χ1) is 10.9. The summed E-state index contributed by atoms with van der Waals surface area (Å²) in [4.78, 5) is 23.0. The number of carbonyl (C=O) groups excluding carboxylic acids is 1. The highest BCUT2D eigenvalue weighted by Gasteiger charge is 2.33. The molecule has 0 saturated carbocycles. The van der Waals surface area contributed by atoms with E-state index in [-0.39, 0.29) is 23.3 Å². The number of aromatic nitrogens is 2. The molecule has 0 aliphatic heterocycles. The average molecular weight is 314 g/mol. The van der Waals surface area contributed by atoms with Crippen molar-refractivity contribution in [1.29, 1.82) is 0 Å². The molecule has 2 atom stereocenters. The molecular formula is C16H18N4O3. The van der Waals surface area contributed by atoms with E-state index in [1.54, 1.807) is 0 Å². The molecule has 1 aromatic heterocycles. The third-order valence-corrected chi connectivity index (χ3v) is 4.37. The number of aryl methyl sites for hydroxylation is 2. The van der Waals surface area contributed by atoms with E-state index in [0.717, 1.165) is 23.7 Å².